The van der Waals surface area contributed by atoms with Crippen molar-refractivity contribution < 1.29 is 24.2 Å². The molecule has 1 aliphatic heterocycles. The number of carboxylic acids is 1. The molecular formula is C14H23NO5. The van der Waals surface area contributed by atoms with Gasteiger partial charge >= 0.3 is 5.97 Å². The second kappa shape index (κ2) is 11.0. The average molecular weight is 285 g/mol. The van der Waals surface area contributed by atoms with Crippen molar-refractivity contribution in [1.82, 2.24) is 4.90 Å². The SMILES string of the molecule is C/C=C\C(=O)OCCN1CCCCCC1=O.CC(=O)O. The van der Waals surface area contributed by atoms with Crippen molar-refractivity contribution in [2.24, 2.45) is 0 Å². The van der Waals surface area contributed by atoms with Crippen molar-refractivity contribution in [1.29, 1.82) is 0 Å². The Balaban J connectivity index is 0.000000796. The van der Waals surface area contributed by atoms with Crippen molar-refractivity contribution in [2.75, 3.05) is 19.7 Å². The fourth-order valence-corrected chi connectivity index (χ4v) is 1.72. The van der Waals surface area contributed by atoms with Crippen molar-refractivity contribution in [2.45, 2.75) is 39.5 Å². The molecule has 1 saturated heterocycles. The van der Waals surface area contributed by atoms with Gasteiger partial charge in [0, 0.05) is 26.0 Å². The smallest absolute Gasteiger partial charge is 0.330 e. The lowest BCUT2D eigenvalue weighted by atomic mass is 10.2. The summed E-state index contributed by atoms with van der Waals surface area (Å²) in [5.41, 5.74) is 0. The topological polar surface area (TPSA) is 83.9 Å². The Morgan fingerprint density at radius 3 is 2.60 bits per heavy atom. The summed E-state index contributed by atoms with van der Waals surface area (Å²) in [6.45, 7) is 4.44. The molecule has 1 heterocycles. The van der Waals surface area contributed by atoms with E-state index in [1.165, 1.54) is 6.08 Å². The summed E-state index contributed by atoms with van der Waals surface area (Å²) in [7, 11) is 0. The summed E-state index contributed by atoms with van der Waals surface area (Å²) >= 11 is 0. The molecule has 0 aromatic carbocycles. The van der Waals surface area contributed by atoms with Gasteiger partial charge in [0.25, 0.3) is 5.97 Å². The third-order valence-corrected chi connectivity index (χ3v) is 2.58. The van der Waals surface area contributed by atoms with Crippen LogP contribution in [0.2, 0.25) is 0 Å². The van der Waals surface area contributed by atoms with E-state index in [-0.39, 0.29) is 18.5 Å². The number of ether oxygens (including phenoxy) is 1. The predicted octanol–water partition coefficient (Wildman–Crippen LogP) is 1.60. The van der Waals surface area contributed by atoms with Gasteiger partial charge in [-0.1, -0.05) is 12.5 Å². The van der Waals surface area contributed by atoms with Crippen LogP contribution in [0.15, 0.2) is 12.2 Å². The maximum Gasteiger partial charge on any atom is 0.330 e. The van der Waals surface area contributed by atoms with Crippen molar-refractivity contribution in [3.63, 3.8) is 0 Å². The van der Waals surface area contributed by atoms with Crippen LogP contribution in [-0.2, 0) is 19.1 Å². The van der Waals surface area contributed by atoms with Gasteiger partial charge in [0.15, 0.2) is 0 Å². The molecule has 1 aliphatic rings. The minimum Gasteiger partial charge on any atom is -0.481 e. The van der Waals surface area contributed by atoms with Gasteiger partial charge in [-0.3, -0.25) is 9.59 Å². The highest BCUT2D eigenvalue weighted by Crippen LogP contribution is 2.10. The molecule has 114 valence electrons. The highest BCUT2D eigenvalue weighted by atomic mass is 16.5. The zero-order valence-corrected chi connectivity index (χ0v) is 12.1. The van der Waals surface area contributed by atoms with Gasteiger partial charge in [-0.25, -0.2) is 4.79 Å². The van der Waals surface area contributed by atoms with Crippen molar-refractivity contribution in [3.05, 3.63) is 12.2 Å². The molecule has 0 bridgehead atoms. The first-order valence-corrected chi connectivity index (χ1v) is 6.74. The van der Waals surface area contributed by atoms with Crippen LogP contribution >= 0.6 is 0 Å². The van der Waals surface area contributed by atoms with E-state index < -0.39 is 5.97 Å². The first-order chi connectivity index (χ1) is 9.47. The second-order valence-corrected chi connectivity index (χ2v) is 4.38. The zero-order chi connectivity index (χ0) is 15.4. The molecule has 0 saturated carbocycles. The van der Waals surface area contributed by atoms with E-state index in [1.54, 1.807) is 17.9 Å². The molecule has 20 heavy (non-hydrogen) atoms. The third-order valence-electron chi connectivity index (χ3n) is 2.58. The van der Waals surface area contributed by atoms with Crippen LogP contribution in [0.25, 0.3) is 0 Å². The van der Waals surface area contributed by atoms with Crippen LogP contribution in [-0.4, -0.2) is 47.5 Å². The van der Waals surface area contributed by atoms with E-state index in [4.69, 9.17) is 14.6 Å². The number of amides is 1. The standard InChI is InChI=1S/C12H19NO3.C2H4O2/c1-2-6-12(15)16-10-9-13-8-5-3-4-7-11(13)14;1-2(3)4/h2,6H,3-5,7-10H2,1H3;1H3,(H,3,4)/b6-2-;. The van der Waals surface area contributed by atoms with Crippen LogP contribution in [0.1, 0.15) is 39.5 Å². The van der Waals surface area contributed by atoms with Crippen LogP contribution in [0.5, 0.6) is 0 Å². The highest BCUT2D eigenvalue weighted by molar-refractivity contribution is 5.81. The van der Waals surface area contributed by atoms with E-state index >= 15 is 0 Å². The molecule has 1 N–H and O–H groups in total. The maximum absolute atomic E-state index is 11.6. The van der Waals surface area contributed by atoms with Gasteiger partial charge in [0.05, 0.1) is 6.54 Å². The lowest BCUT2D eigenvalue weighted by molar-refractivity contribution is -0.140. The van der Waals surface area contributed by atoms with Crippen LogP contribution in [0, 0.1) is 0 Å². The summed E-state index contributed by atoms with van der Waals surface area (Å²) in [5, 5.41) is 7.42. The number of hydrogen-bond acceptors (Lipinski definition) is 4. The van der Waals surface area contributed by atoms with Gasteiger partial charge in [0.2, 0.25) is 5.91 Å². The highest BCUT2D eigenvalue weighted by Gasteiger charge is 2.16. The van der Waals surface area contributed by atoms with Gasteiger partial charge in [0.1, 0.15) is 6.61 Å². The number of rotatable bonds is 4. The normalized spacial score (nSPS) is 15.3. The summed E-state index contributed by atoms with van der Waals surface area (Å²) < 4.78 is 4.95. The number of aliphatic carboxylic acids is 1. The third kappa shape index (κ3) is 10.1. The first-order valence-electron chi connectivity index (χ1n) is 6.74. The Labute approximate surface area is 119 Å². The molecule has 0 aromatic heterocycles. The quantitative estimate of drug-likeness (QED) is 0.626. The largest absolute Gasteiger partial charge is 0.481 e. The molecule has 6 heteroatoms. The summed E-state index contributed by atoms with van der Waals surface area (Å²) in [5.74, 6) is -0.996. The van der Waals surface area contributed by atoms with Crippen molar-refractivity contribution in [3.8, 4) is 0 Å². The van der Waals surface area contributed by atoms with Gasteiger partial charge < -0.3 is 14.7 Å². The molecule has 0 aromatic rings. The minimum absolute atomic E-state index is 0.180. The van der Waals surface area contributed by atoms with Gasteiger partial charge in [-0.2, -0.15) is 0 Å². The lowest BCUT2D eigenvalue weighted by Gasteiger charge is -2.19. The molecular weight excluding hydrogens is 262 g/mol. The fourth-order valence-electron chi connectivity index (χ4n) is 1.72. The van der Waals surface area contributed by atoms with Gasteiger partial charge in [-0.15, -0.1) is 0 Å². The Hall–Kier alpha value is -1.85. The molecule has 0 unspecified atom stereocenters. The second-order valence-electron chi connectivity index (χ2n) is 4.38. The van der Waals surface area contributed by atoms with E-state index in [9.17, 15) is 9.59 Å². The zero-order valence-electron chi connectivity index (χ0n) is 12.1. The average Bonchev–Trinajstić information content (AvgIpc) is 2.54. The predicted molar refractivity (Wildman–Crippen MR) is 74.1 cm³/mol. The van der Waals surface area contributed by atoms with Crippen LogP contribution in [0.3, 0.4) is 0 Å². The Kier molecular flexibility index (Phi) is 10.00. The summed E-state index contributed by atoms with van der Waals surface area (Å²) in [4.78, 5) is 33.4. The minimum atomic E-state index is -0.833. The van der Waals surface area contributed by atoms with Gasteiger partial charge in [-0.05, 0) is 19.8 Å². The van der Waals surface area contributed by atoms with Crippen LogP contribution < -0.4 is 0 Å². The van der Waals surface area contributed by atoms with Crippen LogP contribution in [0.4, 0.5) is 0 Å². The number of esters is 1. The van der Waals surface area contributed by atoms with E-state index in [0.29, 0.717) is 13.0 Å². The number of nitrogens with zero attached hydrogens (tertiary/aromatic N) is 1. The van der Waals surface area contributed by atoms with Crippen molar-refractivity contribution >= 4 is 17.8 Å². The van der Waals surface area contributed by atoms with E-state index in [1.807, 2.05) is 0 Å². The number of allylic oxidation sites excluding steroid dienone is 1. The Morgan fingerprint density at radius 1 is 1.35 bits per heavy atom. The van der Waals surface area contributed by atoms with E-state index in [2.05, 4.69) is 0 Å². The summed E-state index contributed by atoms with van der Waals surface area (Å²) in [6, 6.07) is 0. The Morgan fingerprint density at radius 2 is 2.00 bits per heavy atom. The molecule has 1 rings (SSSR count). The first kappa shape index (κ1) is 18.1. The number of carboxylic acid groups (broad SMARTS) is 1. The molecule has 0 radical (unpaired) electrons. The molecule has 6 nitrogen and oxygen atoms in total. The number of carbonyl (C=O) groups excluding carboxylic acids is 2. The fraction of sp³-hybridized carbons (Fsp3) is 0.643. The summed E-state index contributed by atoms with van der Waals surface area (Å²) in [6.07, 6.45) is 6.79. The molecule has 1 fully saturated rings. The van der Waals surface area contributed by atoms with E-state index in [0.717, 1.165) is 32.7 Å². The number of hydrogen-bond donors (Lipinski definition) is 1. The molecule has 0 atom stereocenters. The Bertz CT molecular complexity index is 347. The monoisotopic (exact) mass is 285 g/mol. The molecule has 0 aliphatic carbocycles. The lowest BCUT2D eigenvalue weighted by Crippen LogP contribution is -2.33. The molecule has 0 spiro atoms. The molecule has 1 amide bonds. The number of carbonyl (C=O) groups is 3. The maximum atomic E-state index is 11.6. The number of likely N-dealkylation sites (tertiary alicyclic amines) is 1.